The minimum absolute atomic E-state index is 0.0319. The number of hydrogen-bond acceptors (Lipinski definition) is 5. The maximum atomic E-state index is 5.12. The van der Waals surface area contributed by atoms with Gasteiger partial charge in [-0.15, -0.1) is 0 Å². The van der Waals surface area contributed by atoms with Gasteiger partial charge in [-0.2, -0.15) is 0 Å². The summed E-state index contributed by atoms with van der Waals surface area (Å²) >= 11 is 0. The zero-order valence-electron chi connectivity index (χ0n) is 25.7. The fourth-order valence-electron chi connectivity index (χ4n) is 7.05. The number of fused-ring (bicyclic) bond motifs is 5. The molecule has 0 saturated carbocycles. The SMILES string of the molecule is c1ccc(C2=NC(c3ccccc3)NC(c3ccc4ccc5ccc6c(c5c4c3)N(c3ccccc3)C(c3ccccc3)N6)N2)cc1. The van der Waals surface area contributed by atoms with Crippen LogP contribution in [0.5, 0.6) is 0 Å². The predicted octanol–water partition coefficient (Wildman–Crippen LogP) is 9.59. The van der Waals surface area contributed by atoms with Gasteiger partial charge in [0.15, 0.2) is 0 Å². The van der Waals surface area contributed by atoms with Crippen LogP contribution in [0, 0.1) is 0 Å². The van der Waals surface area contributed by atoms with Crippen LogP contribution < -0.4 is 20.9 Å². The summed E-state index contributed by atoms with van der Waals surface area (Å²) < 4.78 is 0. The summed E-state index contributed by atoms with van der Waals surface area (Å²) in [7, 11) is 0. The van der Waals surface area contributed by atoms with Gasteiger partial charge < -0.3 is 15.5 Å². The first-order valence-corrected chi connectivity index (χ1v) is 16.2. The molecule has 7 aromatic carbocycles. The topological polar surface area (TPSA) is 51.7 Å². The standard InChI is InChI=1S/C42H33N5/c1-5-13-30(14-6-1)39-44-40(31-15-7-2-8-16-31)46-41(45-39)33-24-22-28-21-23-29-25-26-36-38(37(29)35(28)27-33)47(34-19-11-4-12-20-34)42(43-36)32-17-9-3-10-18-32/h1-27,39,41-43,45H,(H,44,46). The van der Waals surface area contributed by atoms with Gasteiger partial charge in [0.25, 0.3) is 0 Å². The van der Waals surface area contributed by atoms with Crippen LogP contribution in [0.4, 0.5) is 17.1 Å². The first kappa shape index (κ1) is 27.4. The molecule has 0 bridgehead atoms. The van der Waals surface area contributed by atoms with Crippen molar-refractivity contribution in [1.82, 2.24) is 10.6 Å². The number of nitrogens with zero attached hydrogens (tertiary/aromatic N) is 2. The molecular formula is C42H33N5. The molecule has 2 aliphatic heterocycles. The van der Waals surface area contributed by atoms with E-state index in [1.807, 2.05) is 12.1 Å². The lowest BCUT2D eigenvalue weighted by atomic mass is 9.96. The number of para-hydroxylation sites is 1. The smallest absolute Gasteiger partial charge is 0.131 e. The third-order valence-corrected chi connectivity index (χ3v) is 9.30. The third kappa shape index (κ3) is 4.89. The van der Waals surface area contributed by atoms with Gasteiger partial charge in [0.05, 0.1) is 11.4 Å². The molecule has 3 atom stereocenters. The molecule has 226 valence electrons. The minimum atomic E-state index is -0.186. The molecule has 5 heteroatoms. The van der Waals surface area contributed by atoms with Gasteiger partial charge in [0.1, 0.15) is 24.3 Å². The van der Waals surface area contributed by atoms with Crippen molar-refractivity contribution in [2.45, 2.75) is 18.5 Å². The fourth-order valence-corrected chi connectivity index (χ4v) is 7.05. The summed E-state index contributed by atoms with van der Waals surface area (Å²) in [6.07, 6.45) is -0.366. The van der Waals surface area contributed by atoms with Gasteiger partial charge in [-0.1, -0.05) is 140 Å². The van der Waals surface area contributed by atoms with Gasteiger partial charge >= 0.3 is 0 Å². The van der Waals surface area contributed by atoms with Crippen molar-refractivity contribution in [3.63, 3.8) is 0 Å². The second kappa shape index (κ2) is 11.5. The number of amidine groups is 1. The highest BCUT2D eigenvalue weighted by molar-refractivity contribution is 6.18. The zero-order chi connectivity index (χ0) is 31.2. The Kier molecular flexibility index (Phi) is 6.69. The fraction of sp³-hybridized carbons (Fsp3) is 0.0714. The summed E-state index contributed by atoms with van der Waals surface area (Å²) in [5.41, 5.74) is 8.06. The van der Waals surface area contributed by atoms with E-state index in [1.165, 1.54) is 32.8 Å². The van der Waals surface area contributed by atoms with E-state index in [4.69, 9.17) is 4.99 Å². The van der Waals surface area contributed by atoms with E-state index in [9.17, 15) is 0 Å². The maximum absolute atomic E-state index is 5.12. The van der Waals surface area contributed by atoms with Crippen LogP contribution in [0.2, 0.25) is 0 Å². The molecule has 0 aromatic heterocycles. The minimum Gasteiger partial charge on any atom is -0.359 e. The van der Waals surface area contributed by atoms with Crippen molar-refractivity contribution < 1.29 is 0 Å². The molecule has 9 rings (SSSR count). The van der Waals surface area contributed by atoms with Crippen LogP contribution in [0.25, 0.3) is 21.5 Å². The lowest BCUT2D eigenvalue weighted by Crippen LogP contribution is -2.44. The van der Waals surface area contributed by atoms with Crippen molar-refractivity contribution in [1.29, 1.82) is 0 Å². The Bertz CT molecular complexity index is 2230. The van der Waals surface area contributed by atoms with Crippen molar-refractivity contribution in [3.8, 4) is 0 Å². The van der Waals surface area contributed by atoms with E-state index < -0.39 is 0 Å². The maximum Gasteiger partial charge on any atom is 0.131 e. The second-order valence-corrected chi connectivity index (χ2v) is 12.2. The molecular weight excluding hydrogens is 574 g/mol. The van der Waals surface area contributed by atoms with Crippen LogP contribution in [0.1, 0.15) is 40.8 Å². The molecule has 0 saturated heterocycles. The summed E-state index contributed by atoms with van der Waals surface area (Å²) in [6, 6.07) is 58.1. The average Bonchev–Trinajstić information content (AvgIpc) is 3.56. The molecule has 0 fully saturated rings. The molecule has 0 radical (unpaired) electrons. The molecule has 5 nitrogen and oxygen atoms in total. The highest BCUT2D eigenvalue weighted by Gasteiger charge is 2.33. The lowest BCUT2D eigenvalue weighted by molar-refractivity contribution is 0.409. The monoisotopic (exact) mass is 607 g/mol. The third-order valence-electron chi connectivity index (χ3n) is 9.30. The average molecular weight is 608 g/mol. The van der Waals surface area contributed by atoms with Crippen LogP contribution in [0.15, 0.2) is 169 Å². The normalized spacial score (nSPS) is 18.8. The number of aliphatic imine (C=N–C) groups is 1. The highest BCUT2D eigenvalue weighted by atomic mass is 15.3. The Morgan fingerprint density at radius 1 is 0.532 bits per heavy atom. The largest absolute Gasteiger partial charge is 0.359 e. The van der Waals surface area contributed by atoms with Gasteiger partial charge in [-0.25, -0.2) is 4.99 Å². The van der Waals surface area contributed by atoms with Gasteiger partial charge in [-0.05, 0) is 57.1 Å². The van der Waals surface area contributed by atoms with E-state index in [2.05, 4.69) is 173 Å². The molecule has 0 spiro atoms. The molecule has 2 aliphatic rings. The van der Waals surface area contributed by atoms with E-state index in [-0.39, 0.29) is 18.5 Å². The number of benzene rings is 7. The van der Waals surface area contributed by atoms with Gasteiger partial charge in [0.2, 0.25) is 0 Å². The molecule has 47 heavy (non-hydrogen) atoms. The Balaban J connectivity index is 1.21. The van der Waals surface area contributed by atoms with Crippen LogP contribution >= 0.6 is 0 Å². The predicted molar refractivity (Wildman–Crippen MR) is 194 cm³/mol. The first-order chi connectivity index (χ1) is 23.3. The number of anilines is 3. The molecule has 0 aliphatic carbocycles. The van der Waals surface area contributed by atoms with E-state index in [0.717, 1.165) is 33.9 Å². The van der Waals surface area contributed by atoms with E-state index in [1.54, 1.807) is 0 Å². The summed E-state index contributed by atoms with van der Waals surface area (Å²) in [5.74, 6) is 0.882. The lowest BCUT2D eigenvalue weighted by Gasteiger charge is -2.32. The Hall–Kier alpha value is -5.91. The molecule has 7 aromatic rings. The Morgan fingerprint density at radius 3 is 1.89 bits per heavy atom. The summed E-state index contributed by atoms with van der Waals surface area (Å²) in [5, 5.41) is 16.3. The van der Waals surface area contributed by atoms with Crippen molar-refractivity contribution in [3.05, 3.63) is 186 Å². The Labute approximate surface area is 274 Å². The van der Waals surface area contributed by atoms with Gasteiger partial charge in [0, 0.05) is 16.6 Å². The van der Waals surface area contributed by atoms with E-state index >= 15 is 0 Å². The summed E-state index contributed by atoms with van der Waals surface area (Å²) in [6.45, 7) is 0. The number of nitrogens with one attached hydrogen (secondary N) is 3. The van der Waals surface area contributed by atoms with Crippen LogP contribution in [-0.2, 0) is 0 Å². The second-order valence-electron chi connectivity index (χ2n) is 12.2. The molecule has 0 amide bonds. The number of rotatable bonds is 5. The summed E-state index contributed by atoms with van der Waals surface area (Å²) in [4.78, 5) is 7.58. The number of hydrogen-bond donors (Lipinski definition) is 3. The van der Waals surface area contributed by atoms with E-state index in [0.29, 0.717) is 0 Å². The quantitative estimate of drug-likeness (QED) is 0.171. The van der Waals surface area contributed by atoms with Crippen molar-refractivity contribution in [2.24, 2.45) is 4.99 Å². The van der Waals surface area contributed by atoms with Crippen molar-refractivity contribution in [2.75, 3.05) is 10.2 Å². The molecule has 3 unspecified atom stereocenters. The van der Waals surface area contributed by atoms with Crippen LogP contribution in [-0.4, -0.2) is 5.84 Å². The molecule has 2 heterocycles. The van der Waals surface area contributed by atoms with Crippen molar-refractivity contribution >= 4 is 44.4 Å². The van der Waals surface area contributed by atoms with Crippen LogP contribution in [0.3, 0.4) is 0 Å². The first-order valence-electron chi connectivity index (χ1n) is 16.2. The Morgan fingerprint density at radius 2 is 1.15 bits per heavy atom. The zero-order valence-corrected chi connectivity index (χ0v) is 25.7. The highest BCUT2D eigenvalue weighted by Crippen LogP contribution is 2.51. The molecule has 3 N–H and O–H groups in total. The van der Waals surface area contributed by atoms with Gasteiger partial charge in [-0.3, -0.25) is 5.32 Å².